The van der Waals surface area contributed by atoms with E-state index in [0.29, 0.717) is 5.39 Å². The van der Waals surface area contributed by atoms with E-state index in [4.69, 9.17) is 30.7 Å². The molecule has 3 aromatic carbocycles. The highest BCUT2D eigenvalue weighted by Crippen LogP contribution is 2.48. The van der Waals surface area contributed by atoms with E-state index in [1.54, 1.807) is 36.4 Å². The third kappa shape index (κ3) is 7.00. The molecule has 4 N–H and O–H groups in total. The summed E-state index contributed by atoms with van der Waals surface area (Å²) in [6.45, 7) is 2.28. The summed E-state index contributed by atoms with van der Waals surface area (Å²) in [7, 11) is -4.38. The highest BCUT2D eigenvalue weighted by Gasteiger charge is 2.54. The monoisotopic (exact) mass is 641 g/mol. The van der Waals surface area contributed by atoms with E-state index in [-0.39, 0.29) is 17.1 Å². The number of nitrogens with zero attached hydrogens (tertiary/aromatic N) is 1. The van der Waals surface area contributed by atoms with E-state index < -0.39 is 56.0 Å². The highest BCUT2D eigenvalue weighted by atomic mass is 32.1. The van der Waals surface area contributed by atoms with E-state index in [0.717, 1.165) is 10.9 Å². The molecule has 1 saturated heterocycles. The predicted octanol–water partition coefficient (Wildman–Crippen LogP) is 3.99. The largest absolute Gasteiger partial charge is 0.460 e. The van der Waals surface area contributed by atoms with Crippen LogP contribution in [0.15, 0.2) is 89.9 Å². The maximum Gasteiger partial charge on any atom is 0.459 e. The van der Waals surface area contributed by atoms with Gasteiger partial charge in [-0.15, -0.1) is 0 Å². The summed E-state index contributed by atoms with van der Waals surface area (Å²) in [6, 6.07) is 21.6. The lowest BCUT2D eigenvalue weighted by Gasteiger charge is -2.28. The van der Waals surface area contributed by atoms with Gasteiger partial charge in [0, 0.05) is 17.6 Å². The molecule has 6 atom stereocenters. The maximum absolute atomic E-state index is 14.3. The van der Waals surface area contributed by atoms with Gasteiger partial charge in [-0.2, -0.15) is 5.09 Å². The van der Waals surface area contributed by atoms with E-state index >= 15 is 0 Å². The molecule has 0 saturated carbocycles. The summed E-state index contributed by atoms with van der Waals surface area (Å²) >= 11 is 5.20. The van der Waals surface area contributed by atoms with Crippen molar-refractivity contribution in [2.45, 2.75) is 50.5 Å². The normalized spacial score (nSPS) is 23.6. The van der Waals surface area contributed by atoms with Gasteiger partial charge in [-0.05, 0) is 43.1 Å². The lowest BCUT2D eigenvalue weighted by atomic mass is 9.96. The molecule has 0 spiro atoms. The zero-order chi connectivity index (χ0) is 31.5. The third-order valence-electron chi connectivity index (χ3n) is 7.16. The Balaban J connectivity index is 1.36. The fourth-order valence-corrected chi connectivity index (χ4v) is 6.58. The predicted molar refractivity (Wildman–Crippen MR) is 163 cm³/mol. The minimum absolute atomic E-state index is 0.00682. The molecule has 12 nitrogen and oxygen atoms in total. The topological polar surface area (TPSA) is 161 Å². The van der Waals surface area contributed by atoms with Crippen molar-refractivity contribution in [2.24, 2.45) is 0 Å². The first-order valence-corrected chi connectivity index (χ1v) is 15.7. The average molecular weight is 642 g/mol. The molecule has 4 aromatic rings. The van der Waals surface area contributed by atoms with Crippen molar-refractivity contribution in [3.63, 3.8) is 0 Å². The Morgan fingerprint density at radius 3 is 2.59 bits per heavy atom. The van der Waals surface area contributed by atoms with Crippen LogP contribution in [0.3, 0.4) is 0 Å². The number of carbonyl (C=O) groups is 1. The maximum atomic E-state index is 14.3. The van der Waals surface area contributed by atoms with Crippen LogP contribution in [0.5, 0.6) is 5.75 Å². The van der Waals surface area contributed by atoms with E-state index in [2.05, 4.69) is 10.1 Å². The molecule has 14 heteroatoms. The Bertz CT molecular complexity index is 1790. The molecule has 44 heavy (non-hydrogen) atoms. The van der Waals surface area contributed by atoms with Crippen LogP contribution in [0.2, 0.25) is 0 Å². The molecular formula is C30H32N3O9PS. The third-order valence-corrected chi connectivity index (χ3v) is 9.11. The summed E-state index contributed by atoms with van der Waals surface area (Å²) in [4.78, 5) is 26.9. The Kier molecular flexibility index (Phi) is 9.47. The second-order valence-corrected chi connectivity index (χ2v) is 12.6. The Hall–Kier alpha value is -3.68. The second-order valence-electron chi connectivity index (χ2n) is 10.5. The standard InChI is InChI=1S/C30H32N3O9PS/c1-19(27(36)39-17-20-9-4-3-5-10-20)32-43(38,42-23-14-8-12-21-11-6-7-13-22(21)23)40-18-24-26(35)30(2,37)28(41-24)33-16-15-25(34)31-29(33)44/h3-16,19,24,26,28,35,37H,17-18H2,1-2H3,(H,32,38)(H,31,34,44)/t19-,24+,26?,28+,30+,43?/m0/s1. The van der Waals surface area contributed by atoms with Gasteiger partial charge in [0.25, 0.3) is 5.56 Å². The fraction of sp³-hybridized carbons (Fsp3) is 0.300. The van der Waals surface area contributed by atoms with Crippen LogP contribution in [0.4, 0.5) is 0 Å². The SMILES string of the molecule is C[C@H](NP(=O)(OC[C@H]1O[C@@H](n2ccc(=O)[nH]c2=S)[C@](C)(O)C1O)Oc1cccc2ccccc12)C(=O)OCc1ccccc1. The first kappa shape index (κ1) is 31.7. The fourth-order valence-electron chi connectivity index (χ4n) is 4.80. The van der Waals surface area contributed by atoms with Crippen molar-refractivity contribution in [1.29, 1.82) is 0 Å². The van der Waals surface area contributed by atoms with Crippen molar-refractivity contribution in [2.75, 3.05) is 6.61 Å². The number of hydrogen-bond donors (Lipinski definition) is 4. The van der Waals surface area contributed by atoms with Crippen LogP contribution in [0.25, 0.3) is 10.8 Å². The number of carbonyl (C=O) groups excluding carboxylic acids is 1. The Morgan fingerprint density at radius 2 is 1.84 bits per heavy atom. The van der Waals surface area contributed by atoms with Gasteiger partial charge in [0.2, 0.25) is 0 Å². The number of aliphatic hydroxyl groups is 2. The van der Waals surface area contributed by atoms with Crippen LogP contribution in [0.1, 0.15) is 25.6 Å². The van der Waals surface area contributed by atoms with Crippen LogP contribution >= 0.6 is 20.0 Å². The minimum atomic E-state index is -4.38. The Labute approximate surface area is 257 Å². The zero-order valence-corrected chi connectivity index (χ0v) is 25.6. The molecule has 232 valence electrons. The van der Waals surface area contributed by atoms with Crippen LogP contribution in [0, 0.1) is 4.77 Å². The lowest BCUT2D eigenvalue weighted by Crippen LogP contribution is -2.45. The van der Waals surface area contributed by atoms with Gasteiger partial charge in [0.15, 0.2) is 11.0 Å². The van der Waals surface area contributed by atoms with Gasteiger partial charge in [-0.1, -0.05) is 66.7 Å². The molecule has 1 aliphatic rings. The van der Waals surface area contributed by atoms with E-state index in [1.807, 2.05) is 36.4 Å². The molecule has 0 amide bonds. The molecular weight excluding hydrogens is 609 g/mol. The lowest BCUT2D eigenvalue weighted by molar-refractivity contribution is -0.146. The number of benzene rings is 3. The number of nitrogens with one attached hydrogen (secondary N) is 2. The van der Waals surface area contributed by atoms with Gasteiger partial charge in [0.1, 0.15) is 36.2 Å². The van der Waals surface area contributed by atoms with E-state index in [9.17, 15) is 24.4 Å². The second kappa shape index (κ2) is 13.1. The summed E-state index contributed by atoms with van der Waals surface area (Å²) < 4.78 is 38.5. The molecule has 5 rings (SSSR count). The molecule has 0 radical (unpaired) electrons. The summed E-state index contributed by atoms with van der Waals surface area (Å²) in [6.07, 6.45) is -2.63. The number of fused-ring (bicyclic) bond motifs is 1. The Morgan fingerprint density at radius 1 is 1.14 bits per heavy atom. The van der Waals surface area contributed by atoms with Crippen LogP contribution in [-0.4, -0.2) is 56.2 Å². The van der Waals surface area contributed by atoms with Gasteiger partial charge in [0.05, 0.1) is 6.61 Å². The summed E-state index contributed by atoms with van der Waals surface area (Å²) in [5.41, 5.74) is -1.55. The number of aliphatic hydroxyl groups excluding tert-OH is 1. The minimum Gasteiger partial charge on any atom is -0.460 e. The molecule has 2 unspecified atom stereocenters. The smallest absolute Gasteiger partial charge is 0.459 e. The molecule has 1 aromatic heterocycles. The molecule has 0 aliphatic carbocycles. The quantitative estimate of drug-likeness (QED) is 0.106. The number of aromatic nitrogens is 2. The van der Waals surface area contributed by atoms with Crippen LogP contribution in [-0.2, 0) is 30.0 Å². The van der Waals surface area contributed by atoms with Crippen molar-refractivity contribution >= 4 is 36.7 Å². The van der Waals surface area contributed by atoms with Gasteiger partial charge in [-0.3, -0.25) is 23.7 Å². The zero-order valence-electron chi connectivity index (χ0n) is 23.9. The summed E-state index contributed by atoms with van der Waals surface area (Å²) in [5, 5.41) is 26.2. The van der Waals surface area contributed by atoms with Crippen LogP contribution < -0.4 is 15.2 Å². The number of aromatic amines is 1. The number of rotatable bonds is 11. The van der Waals surface area contributed by atoms with Gasteiger partial charge >= 0.3 is 13.7 Å². The number of esters is 1. The first-order chi connectivity index (χ1) is 21.0. The van der Waals surface area contributed by atoms with Crippen molar-refractivity contribution in [3.8, 4) is 5.75 Å². The average Bonchev–Trinajstić information content (AvgIpc) is 3.23. The first-order valence-electron chi connectivity index (χ1n) is 13.7. The van der Waals surface area contributed by atoms with Gasteiger partial charge in [-0.25, -0.2) is 4.57 Å². The molecule has 1 fully saturated rings. The molecule has 1 aliphatic heterocycles. The molecule has 2 heterocycles. The van der Waals surface area contributed by atoms with Gasteiger partial charge < -0.3 is 24.2 Å². The number of H-pyrrole nitrogens is 1. The molecule has 0 bridgehead atoms. The number of ether oxygens (including phenoxy) is 2. The summed E-state index contributed by atoms with van der Waals surface area (Å²) in [5.74, 6) is -0.479. The van der Waals surface area contributed by atoms with E-state index in [1.165, 1.54) is 30.7 Å². The van der Waals surface area contributed by atoms with Crippen molar-refractivity contribution in [3.05, 3.63) is 106 Å². The highest BCUT2D eigenvalue weighted by molar-refractivity contribution is 7.71. The number of hydrogen-bond acceptors (Lipinski definition) is 10. The van der Waals surface area contributed by atoms with Crippen molar-refractivity contribution in [1.82, 2.24) is 14.6 Å². The van der Waals surface area contributed by atoms with Crippen molar-refractivity contribution < 1.29 is 38.1 Å².